The van der Waals surface area contributed by atoms with Crippen LogP contribution in [0.4, 0.5) is 0 Å². The number of fused-ring (bicyclic) bond motifs is 1. The van der Waals surface area contributed by atoms with Gasteiger partial charge in [-0.3, -0.25) is 4.79 Å². The zero-order valence-corrected chi connectivity index (χ0v) is 13.5. The second-order valence-electron chi connectivity index (χ2n) is 5.52. The zero-order valence-electron chi connectivity index (χ0n) is 13.5. The lowest BCUT2D eigenvalue weighted by molar-refractivity contribution is 0.0919. The standard InChI is InChI=1S/C19H17NO4/c1-12-3-6-14-10-17(24-19(22)16(14)9-12)18(21)20-11-13-4-7-15(23-2)8-5-13/h3-10H,11H2,1-2H3,(H,20,21). The monoisotopic (exact) mass is 323 g/mol. The van der Waals surface area contributed by atoms with E-state index in [2.05, 4.69) is 5.32 Å². The zero-order chi connectivity index (χ0) is 17.1. The van der Waals surface area contributed by atoms with Gasteiger partial charge in [-0.2, -0.15) is 0 Å². The van der Waals surface area contributed by atoms with E-state index in [1.54, 1.807) is 19.2 Å². The van der Waals surface area contributed by atoms with E-state index in [4.69, 9.17) is 9.15 Å². The van der Waals surface area contributed by atoms with Gasteiger partial charge in [-0.25, -0.2) is 4.79 Å². The number of nitrogens with one attached hydrogen (secondary N) is 1. The number of ether oxygens (including phenoxy) is 1. The number of rotatable bonds is 4. The van der Waals surface area contributed by atoms with Gasteiger partial charge in [0.05, 0.1) is 12.5 Å². The number of hydrogen-bond donors (Lipinski definition) is 1. The number of carbonyl (C=O) groups excluding carboxylic acids is 1. The second kappa shape index (κ2) is 6.58. The summed E-state index contributed by atoms with van der Waals surface area (Å²) in [6.45, 7) is 2.23. The fraction of sp³-hybridized carbons (Fsp3) is 0.158. The highest BCUT2D eigenvalue weighted by atomic mass is 16.5. The van der Waals surface area contributed by atoms with Crippen LogP contribution >= 0.6 is 0 Å². The third kappa shape index (κ3) is 3.30. The molecule has 0 radical (unpaired) electrons. The molecule has 5 heteroatoms. The smallest absolute Gasteiger partial charge is 0.344 e. The Morgan fingerprint density at radius 3 is 2.58 bits per heavy atom. The van der Waals surface area contributed by atoms with Crippen LogP contribution < -0.4 is 15.7 Å². The van der Waals surface area contributed by atoms with Crippen molar-refractivity contribution in [3.05, 3.63) is 75.8 Å². The SMILES string of the molecule is COc1ccc(CNC(=O)c2cc3ccc(C)cc3c(=O)o2)cc1. The minimum Gasteiger partial charge on any atom is -0.497 e. The van der Waals surface area contributed by atoms with Crippen LogP contribution in [0.5, 0.6) is 5.75 Å². The van der Waals surface area contributed by atoms with Crippen molar-refractivity contribution in [3.63, 3.8) is 0 Å². The van der Waals surface area contributed by atoms with Crippen LogP contribution in [0.1, 0.15) is 21.7 Å². The molecule has 0 aliphatic rings. The van der Waals surface area contributed by atoms with Crippen molar-refractivity contribution >= 4 is 16.7 Å². The molecule has 0 bridgehead atoms. The maximum atomic E-state index is 12.2. The van der Waals surface area contributed by atoms with Crippen molar-refractivity contribution < 1.29 is 13.9 Å². The van der Waals surface area contributed by atoms with E-state index in [1.165, 1.54) is 0 Å². The predicted octanol–water partition coefficient (Wildman–Crippen LogP) is 3.04. The first-order valence-electron chi connectivity index (χ1n) is 7.52. The number of aryl methyl sites for hydroxylation is 1. The Hall–Kier alpha value is -3.08. The van der Waals surface area contributed by atoms with Gasteiger partial charge in [0, 0.05) is 6.54 Å². The molecule has 0 atom stereocenters. The molecule has 0 unspecified atom stereocenters. The van der Waals surface area contributed by atoms with Gasteiger partial charge in [-0.1, -0.05) is 29.8 Å². The van der Waals surface area contributed by atoms with Crippen LogP contribution in [0, 0.1) is 6.92 Å². The lowest BCUT2D eigenvalue weighted by Gasteiger charge is -2.06. The first-order valence-corrected chi connectivity index (χ1v) is 7.52. The van der Waals surface area contributed by atoms with E-state index in [9.17, 15) is 9.59 Å². The molecule has 3 aromatic rings. The van der Waals surface area contributed by atoms with Crippen LogP contribution in [0.2, 0.25) is 0 Å². The molecule has 3 rings (SSSR count). The number of methoxy groups -OCH3 is 1. The summed E-state index contributed by atoms with van der Waals surface area (Å²) < 4.78 is 10.2. The average molecular weight is 323 g/mol. The molecule has 0 spiro atoms. The van der Waals surface area contributed by atoms with Crippen molar-refractivity contribution in [2.45, 2.75) is 13.5 Å². The fourth-order valence-electron chi connectivity index (χ4n) is 2.42. The molecule has 122 valence electrons. The lowest BCUT2D eigenvalue weighted by atomic mass is 10.1. The van der Waals surface area contributed by atoms with Gasteiger partial charge < -0.3 is 14.5 Å². The van der Waals surface area contributed by atoms with Crippen LogP contribution in [-0.2, 0) is 6.54 Å². The maximum absolute atomic E-state index is 12.2. The van der Waals surface area contributed by atoms with Gasteiger partial charge in [0.25, 0.3) is 5.91 Å². The fourth-order valence-corrected chi connectivity index (χ4v) is 2.42. The van der Waals surface area contributed by atoms with Crippen LogP contribution in [0.25, 0.3) is 10.8 Å². The van der Waals surface area contributed by atoms with Crippen molar-refractivity contribution in [1.29, 1.82) is 0 Å². The Labute approximate surface area is 138 Å². The molecular formula is C19H17NO4. The van der Waals surface area contributed by atoms with Gasteiger partial charge in [-0.05, 0) is 42.1 Å². The van der Waals surface area contributed by atoms with Crippen LogP contribution in [-0.4, -0.2) is 13.0 Å². The molecule has 0 saturated heterocycles. The molecule has 0 aliphatic heterocycles. The van der Waals surface area contributed by atoms with E-state index < -0.39 is 11.5 Å². The lowest BCUT2D eigenvalue weighted by Crippen LogP contribution is -2.24. The van der Waals surface area contributed by atoms with Gasteiger partial charge in [0.1, 0.15) is 5.75 Å². The number of benzene rings is 2. The maximum Gasteiger partial charge on any atom is 0.344 e. The summed E-state index contributed by atoms with van der Waals surface area (Å²) in [5.74, 6) is 0.330. The topological polar surface area (TPSA) is 68.5 Å². The van der Waals surface area contributed by atoms with Gasteiger partial charge in [0.15, 0.2) is 5.76 Å². The van der Waals surface area contributed by atoms with Crippen LogP contribution in [0.3, 0.4) is 0 Å². The minimum atomic E-state index is -0.509. The number of amides is 1. The van der Waals surface area contributed by atoms with Gasteiger partial charge >= 0.3 is 5.63 Å². The van der Waals surface area contributed by atoms with E-state index in [0.29, 0.717) is 17.3 Å². The minimum absolute atomic E-state index is 0.00450. The van der Waals surface area contributed by atoms with E-state index in [-0.39, 0.29) is 5.76 Å². The summed E-state index contributed by atoms with van der Waals surface area (Å²) in [5.41, 5.74) is 1.38. The summed E-state index contributed by atoms with van der Waals surface area (Å²) in [7, 11) is 1.60. The Morgan fingerprint density at radius 1 is 1.12 bits per heavy atom. The molecule has 0 saturated carbocycles. The number of hydrogen-bond acceptors (Lipinski definition) is 4. The molecule has 5 nitrogen and oxygen atoms in total. The summed E-state index contributed by atoms with van der Waals surface area (Å²) in [6, 6.07) is 14.4. The Kier molecular flexibility index (Phi) is 4.33. The summed E-state index contributed by atoms with van der Waals surface area (Å²) in [6.07, 6.45) is 0. The average Bonchev–Trinajstić information content (AvgIpc) is 2.60. The normalized spacial score (nSPS) is 10.6. The predicted molar refractivity (Wildman–Crippen MR) is 91.4 cm³/mol. The van der Waals surface area contributed by atoms with Gasteiger partial charge in [0.2, 0.25) is 0 Å². The molecule has 0 fully saturated rings. The highest BCUT2D eigenvalue weighted by Gasteiger charge is 2.12. The summed E-state index contributed by atoms with van der Waals surface area (Å²) in [4.78, 5) is 24.3. The number of carbonyl (C=O) groups is 1. The highest BCUT2D eigenvalue weighted by molar-refractivity contribution is 5.95. The first-order chi connectivity index (χ1) is 11.6. The third-order valence-electron chi connectivity index (χ3n) is 3.75. The Balaban J connectivity index is 1.78. The molecule has 0 aliphatic carbocycles. The summed E-state index contributed by atoms with van der Waals surface area (Å²) in [5, 5.41) is 3.90. The van der Waals surface area contributed by atoms with Crippen LogP contribution in [0.15, 0.2) is 57.7 Å². The van der Waals surface area contributed by atoms with Crippen molar-refractivity contribution in [2.75, 3.05) is 7.11 Å². The largest absolute Gasteiger partial charge is 0.497 e. The van der Waals surface area contributed by atoms with Gasteiger partial charge in [-0.15, -0.1) is 0 Å². The second-order valence-corrected chi connectivity index (χ2v) is 5.52. The quantitative estimate of drug-likeness (QED) is 0.801. The first kappa shape index (κ1) is 15.8. The molecular weight excluding hydrogens is 306 g/mol. The molecule has 2 aromatic carbocycles. The van der Waals surface area contributed by atoms with E-state index in [1.807, 2.05) is 43.3 Å². The molecule has 1 N–H and O–H groups in total. The molecule has 1 aromatic heterocycles. The highest BCUT2D eigenvalue weighted by Crippen LogP contribution is 2.15. The van der Waals surface area contributed by atoms with E-state index >= 15 is 0 Å². The van der Waals surface area contributed by atoms with Crippen molar-refractivity contribution in [2.24, 2.45) is 0 Å². The third-order valence-corrected chi connectivity index (χ3v) is 3.75. The van der Waals surface area contributed by atoms with Crippen molar-refractivity contribution in [1.82, 2.24) is 5.32 Å². The Morgan fingerprint density at radius 2 is 1.88 bits per heavy atom. The Bertz CT molecular complexity index is 942. The summed E-state index contributed by atoms with van der Waals surface area (Å²) >= 11 is 0. The molecule has 24 heavy (non-hydrogen) atoms. The molecule has 1 amide bonds. The van der Waals surface area contributed by atoms with E-state index in [0.717, 1.165) is 16.9 Å². The molecule has 1 heterocycles. The van der Waals surface area contributed by atoms with Crippen molar-refractivity contribution in [3.8, 4) is 5.75 Å².